The summed E-state index contributed by atoms with van der Waals surface area (Å²) in [7, 11) is 1.70. The Labute approximate surface area is 149 Å². The zero-order valence-corrected chi connectivity index (χ0v) is 14.5. The van der Waals surface area contributed by atoms with Crippen molar-refractivity contribution < 1.29 is 0 Å². The number of aromatic nitrogens is 3. The van der Waals surface area contributed by atoms with Crippen molar-refractivity contribution in [3.63, 3.8) is 0 Å². The Morgan fingerprint density at radius 1 is 0.885 bits per heavy atom. The van der Waals surface area contributed by atoms with Crippen molar-refractivity contribution in [3.05, 3.63) is 93.4 Å². The van der Waals surface area contributed by atoms with Crippen LogP contribution in [0.5, 0.6) is 0 Å². The maximum Gasteiger partial charge on any atom is 0.266 e. The Balaban J connectivity index is 2.09. The minimum Gasteiger partial charge on any atom is -0.318 e. The molecule has 0 aliphatic rings. The molecular weight excluding hydrogens is 326 g/mol. The predicted octanol–water partition coefficient (Wildman–Crippen LogP) is 3.06. The molecule has 0 saturated heterocycles. The Bertz CT molecular complexity index is 1240. The van der Waals surface area contributed by atoms with Gasteiger partial charge in [-0.3, -0.25) is 14.2 Å². The molecule has 4 rings (SSSR count). The zero-order chi connectivity index (χ0) is 18.3. The Morgan fingerprint density at radius 2 is 1.65 bits per heavy atom. The summed E-state index contributed by atoms with van der Waals surface area (Å²) in [5.74, 6) is 0.631. The summed E-state index contributed by atoms with van der Waals surface area (Å²) in [5.41, 5.74) is 2.78. The van der Waals surface area contributed by atoms with Gasteiger partial charge < -0.3 is 4.57 Å². The molecule has 0 radical (unpaired) electrons. The second-order valence-corrected chi connectivity index (χ2v) is 6.20. The van der Waals surface area contributed by atoms with Gasteiger partial charge in [-0.1, -0.05) is 30.3 Å². The molecule has 4 aromatic rings. The molecule has 0 unspecified atom stereocenters. The molecule has 0 bridgehead atoms. The van der Waals surface area contributed by atoms with E-state index < -0.39 is 0 Å². The third-order valence-corrected chi connectivity index (χ3v) is 4.48. The van der Waals surface area contributed by atoms with Crippen LogP contribution in [0.1, 0.15) is 5.82 Å². The molecule has 0 spiro atoms. The third kappa shape index (κ3) is 2.54. The van der Waals surface area contributed by atoms with Crippen LogP contribution in [0.25, 0.3) is 27.7 Å². The van der Waals surface area contributed by atoms with Crippen molar-refractivity contribution in [2.45, 2.75) is 6.92 Å². The molecule has 0 atom stereocenters. The molecule has 0 N–H and O–H groups in total. The molecule has 2 heterocycles. The maximum atomic E-state index is 13.4. The molecule has 0 amide bonds. The van der Waals surface area contributed by atoms with Crippen LogP contribution in [0.3, 0.4) is 0 Å². The lowest BCUT2D eigenvalue weighted by atomic mass is 10.0. The molecular formula is C21H17N3O2. The van der Waals surface area contributed by atoms with E-state index in [-0.39, 0.29) is 11.1 Å². The van der Waals surface area contributed by atoms with Gasteiger partial charge in [-0.05, 0) is 42.3 Å². The van der Waals surface area contributed by atoms with Crippen molar-refractivity contribution in [2.24, 2.45) is 7.05 Å². The molecule has 0 aliphatic heterocycles. The summed E-state index contributed by atoms with van der Waals surface area (Å²) in [4.78, 5) is 29.7. The van der Waals surface area contributed by atoms with Crippen LogP contribution in [0.2, 0.25) is 0 Å². The van der Waals surface area contributed by atoms with Gasteiger partial charge in [0.2, 0.25) is 5.56 Å². The van der Waals surface area contributed by atoms with Crippen molar-refractivity contribution in [2.75, 3.05) is 0 Å². The zero-order valence-electron chi connectivity index (χ0n) is 14.5. The van der Waals surface area contributed by atoms with E-state index in [0.29, 0.717) is 16.7 Å². The highest BCUT2D eigenvalue weighted by Gasteiger charge is 2.14. The number of fused-ring (bicyclic) bond motifs is 1. The number of benzene rings is 2. The summed E-state index contributed by atoms with van der Waals surface area (Å²) in [5, 5.41) is 0.542. The Kier molecular flexibility index (Phi) is 3.77. The van der Waals surface area contributed by atoms with E-state index in [2.05, 4.69) is 4.98 Å². The van der Waals surface area contributed by atoms with Gasteiger partial charge in [0.1, 0.15) is 5.82 Å². The van der Waals surface area contributed by atoms with Crippen LogP contribution in [-0.4, -0.2) is 14.1 Å². The van der Waals surface area contributed by atoms with Crippen LogP contribution in [-0.2, 0) is 7.05 Å². The third-order valence-electron chi connectivity index (χ3n) is 4.48. The number of nitrogens with zero attached hydrogens (tertiary/aromatic N) is 3. The highest BCUT2D eigenvalue weighted by Crippen LogP contribution is 2.25. The first-order valence-electron chi connectivity index (χ1n) is 8.31. The molecule has 0 fully saturated rings. The fourth-order valence-electron chi connectivity index (χ4n) is 3.22. The summed E-state index contributed by atoms with van der Waals surface area (Å²) >= 11 is 0. The average molecular weight is 343 g/mol. The largest absolute Gasteiger partial charge is 0.318 e. The van der Waals surface area contributed by atoms with Gasteiger partial charge in [-0.25, -0.2) is 4.98 Å². The second-order valence-electron chi connectivity index (χ2n) is 6.20. The molecule has 128 valence electrons. The van der Waals surface area contributed by atoms with Gasteiger partial charge in [0.05, 0.1) is 16.6 Å². The van der Waals surface area contributed by atoms with E-state index in [9.17, 15) is 9.59 Å². The Hall–Kier alpha value is -3.47. The summed E-state index contributed by atoms with van der Waals surface area (Å²) in [6.07, 6.45) is 1.74. The van der Waals surface area contributed by atoms with E-state index >= 15 is 0 Å². The number of hydrogen-bond acceptors (Lipinski definition) is 3. The average Bonchev–Trinajstić information content (AvgIpc) is 2.64. The molecule has 5 heteroatoms. The number of aryl methyl sites for hydroxylation is 2. The Morgan fingerprint density at radius 3 is 2.38 bits per heavy atom. The maximum absolute atomic E-state index is 13.4. The lowest BCUT2D eigenvalue weighted by molar-refractivity contribution is 0.862. The molecule has 26 heavy (non-hydrogen) atoms. The SMILES string of the molecule is Cc1nc2cccc(-c3ccc(=O)n(C)c3)c2c(=O)n1-c1ccccc1. The van der Waals surface area contributed by atoms with E-state index in [1.165, 1.54) is 10.6 Å². The van der Waals surface area contributed by atoms with Crippen molar-refractivity contribution in [1.82, 2.24) is 14.1 Å². The number of para-hydroxylation sites is 1. The predicted molar refractivity (Wildman–Crippen MR) is 103 cm³/mol. The highest BCUT2D eigenvalue weighted by atomic mass is 16.1. The van der Waals surface area contributed by atoms with Crippen LogP contribution < -0.4 is 11.1 Å². The lowest BCUT2D eigenvalue weighted by Crippen LogP contribution is -2.23. The minimum atomic E-state index is -0.122. The highest BCUT2D eigenvalue weighted by molar-refractivity contribution is 5.94. The monoisotopic (exact) mass is 343 g/mol. The normalized spacial score (nSPS) is 11.0. The first kappa shape index (κ1) is 16.0. The second kappa shape index (κ2) is 6.11. The van der Waals surface area contributed by atoms with Crippen LogP contribution in [0, 0.1) is 6.92 Å². The number of rotatable bonds is 2. The van der Waals surface area contributed by atoms with Gasteiger partial charge >= 0.3 is 0 Å². The fourth-order valence-corrected chi connectivity index (χ4v) is 3.22. The summed E-state index contributed by atoms with van der Waals surface area (Å²) < 4.78 is 3.12. The first-order valence-corrected chi connectivity index (χ1v) is 8.31. The fraction of sp³-hybridized carbons (Fsp3) is 0.0952. The summed E-state index contributed by atoms with van der Waals surface area (Å²) in [6, 6.07) is 18.3. The minimum absolute atomic E-state index is 0.0929. The van der Waals surface area contributed by atoms with Gasteiger partial charge in [-0.2, -0.15) is 0 Å². The topological polar surface area (TPSA) is 56.9 Å². The van der Waals surface area contributed by atoms with Gasteiger partial charge in [-0.15, -0.1) is 0 Å². The molecule has 0 saturated carbocycles. The molecule has 0 aliphatic carbocycles. The van der Waals surface area contributed by atoms with E-state index in [0.717, 1.165) is 16.8 Å². The lowest BCUT2D eigenvalue weighted by Gasteiger charge is -2.13. The van der Waals surface area contributed by atoms with Gasteiger partial charge in [0.25, 0.3) is 5.56 Å². The van der Waals surface area contributed by atoms with Crippen LogP contribution >= 0.6 is 0 Å². The summed E-state index contributed by atoms with van der Waals surface area (Å²) in [6.45, 7) is 1.83. The first-order chi connectivity index (χ1) is 12.6. The number of pyridine rings is 1. The quantitative estimate of drug-likeness (QED) is 0.562. The van der Waals surface area contributed by atoms with Crippen LogP contribution in [0.4, 0.5) is 0 Å². The van der Waals surface area contributed by atoms with Crippen LogP contribution in [0.15, 0.2) is 76.4 Å². The van der Waals surface area contributed by atoms with Crippen molar-refractivity contribution in [1.29, 1.82) is 0 Å². The molecule has 2 aromatic carbocycles. The number of hydrogen-bond donors (Lipinski definition) is 0. The van der Waals surface area contributed by atoms with Crippen molar-refractivity contribution >= 4 is 10.9 Å². The van der Waals surface area contributed by atoms with Crippen molar-refractivity contribution in [3.8, 4) is 16.8 Å². The van der Waals surface area contributed by atoms with Gasteiger partial charge in [0.15, 0.2) is 0 Å². The van der Waals surface area contributed by atoms with Gasteiger partial charge in [0, 0.05) is 19.3 Å². The molecule has 5 nitrogen and oxygen atoms in total. The van der Waals surface area contributed by atoms with E-state index in [1.54, 1.807) is 23.9 Å². The van der Waals surface area contributed by atoms with E-state index in [1.807, 2.05) is 55.5 Å². The smallest absolute Gasteiger partial charge is 0.266 e. The molecule has 2 aromatic heterocycles. The van der Waals surface area contributed by atoms with E-state index in [4.69, 9.17) is 0 Å². The standard InChI is InChI=1S/C21H17N3O2/c1-14-22-18-10-6-9-17(15-11-12-19(25)23(2)13-15)20(18)21(26)24(14)16-7-4-3-5-8-16/h3-13H,1-2H3.